The van der Waals surface area contributed by atoms with Gasteiger partial charge in [0.1, 0.15) is 5.75 Å². The number of nitrogens with zero attached hydrogens (tertiary/aromatic N) is 2. The molecule has 0 aliphatic heterocycles. The molecule has 1 aromatic carbocycles. The van der Waals surface area contributed by atoms with E-state index >= 15 is 0 Å². The lowest BCUT2D eigenvalue weighted by molar-refractivity contribution is 0.321. The molecule has 0 bridgehead atoms. The van der Waals surface area contributed by atoms with Crippen LogP contribution in [0.5, 0.6) is 5.75 Å². The first-order chi connectivity index (χ1) is 10.2. The van der Waals surface area contributed by atoms with Gasteiger partial charge in [0.05, 0.1) is 23.7 Å². The van der Waals surface area contributed by atoms with Crippen molar-refractivity contribution in [3.8, 4) is 5.75 Å². The minimum absolute atomic E-state index is 0.506. The third-order valence-electron chi connectivity index (χ3n) is 3.25. The Balaban J connectivity index is 1.75. The molecule has 0 amide bonds. The van der Waals surface area contributed by atoms with Crippen molar-refractivity contribution in [2.24, 2.45) is 0 Å². The van der Waals surface area contributed by atoms with Crippen molar-refractivity contribution in [1.82, 2.24) is 9.88 Å². The Morgan fingerprint density at radius 3 is 2.95 bits per heavy atom. The lowest BCUT2D eigenvalue weighted by Crippen LogP contribution is -2.19. The molecule has 5 heteroatoms. The summed E-state index contributed by atoms with van der Waals surface area (Å²) in [6.07, 6.45) is 2.12. The zero-order valence-electron chi connectivity index (χ0n) is 12.5. The number of alkyl halides is 1. The molecule has 21 heavy (non-hydrogen) atoms. The van der Waals surface area contributed by atoms with E-state index in [1.807, 2.05) is 17.5 Å². The largest absolute Gasteiger partial charge is 0.497 e. The van der Waals surface area contributed by atoms with Crippen LogP contribution in [0, 0.1) is 0 Å². The van der Waals surface area contributed by atoms with E-state index in [2.05, 4.69) is 29.1 Å². The van der Waals surface area contributed by atoms with Gasteiger partial charge in [0.15, 0.2) is 0 Å². The maximum atomic E-state index is 5.77. The Bertz CT molecular complexity index is 559. The molecule has 0 unspecified atom stereocenters. The zero-order chi connectivity index (χ0) is 15.1. The molecule has 0 spiro atoms. The number of thiazole rings is 1. The number of hydrogen-bond acceptors (Lipinski definition) is 4. The molecule has 2 rings (SSSR count). The van der Waals surface area contributed by atoms with Crippen molar-refractivity contribution in [3.63, 3.8) is 0 Å². The van der Waals surface area contributed by atoms with Crippen LogP contribution in [0.2, 0.25) is 0 Å². The summed E-state index contributed by atoms with van der Waals surface area (Å²) in [7, 11) is 3.84. The number of halogens is 1. The minimum atomic E-state index is 0.506. The quantitative estimate of drug-likeness (QED) is 0.687. The second-order valence-corrected chi connectivity index (χ2v) is 6.27. The summed E-state index contributed by atoms with van der Waals surface area (Å²) < 4.78 is 5.25. The number of ether oxygens (including phenoxy) is 1. The van der Waals surface area contributed by atoms with Gasteiger partial charge < -0.3 is 9.64 Å². The number of benzene rings is 1. The van der Waals surface area contributed by atoms with Gasteiger partial charge in [-0.05, 0) is 37.7 Å². The van der Waals surface area contributed by atoms with Crippen molar-refractivity contribution in [2.45, 2.75) is 25.3 Å². The molecule has 2 aromatic rings. The third kappa shape index (κ3) is 5.30. The molecule has 0 saturated carbocycles. The molecule has 0 radical (unpaired) electrons. The predicted octanol–water partition coefficient (Wildman–Crippen LogP) is 3.96. The molecule has 0 aliphatic rings. The predicted molar refractivity (Wildman–Crippen MR) is 89.3 cm³/mol. The fourth-order valence-corrected chi connectivity index (χ4v) is 3.26. The number of rotatable bonds is 8. The summed E-state index contributed by atoms with van der Waals surface area (Å²) in [4.78, 5) is 6.81. The fraction of sp³-hybridized carbons (Fsp3) is 0.438. The topological polar surface area (TPSA) is 25.4 Å². The Morgan fingerprint density at radius 1 is 1.38 bits per heavy atom. The summed E-state index contributed by atoms with van der Waals surface area (Å²) in [5.41, 5.74) is 2.26. The first-order valence-corrected chi connectivity index (χ1v) is 8.43. The van der Waals surface area contributed by atoms with Crippen LogP contribution in [0.15, 0.2) is 29.6 Å². The van der Waals surface area contributed by atoms with Gasteiger partial charge in [-0.25, -0.2) is 4.98 Å². The molecule has 1 heterocycles. The fourth-order valence-electron chi connectivity index (χ4n) is 2.19. The highest BCUT2D eigenvalue weighted by atomic mass is 35.5. The maximum absolute atomic E-state index is 5.77. The SMILES string of the molecule is COc1cccc(CN(C)CCCc2nc(CCl)cs2)c1. The van der Waals surface area contributed by atoms with E-state index in [9.17, 15) is 0 Å². The maximum Gasteiger partial charge on any atom is 0.119 e. The second-order valence-electron chi connectivity index (χ2n) is 5.06. The highest BCUT2D eigenvalue weighted by molar-refractivity contribution is 7.09. The Hall–Kier alpha value is -1.10. The summed E-state index contributed by atoms with van der Waals surface area (Å²) in [5, 5.41) is 3.22. The van der Waals surface area contributed by atoms with Crippen LogP contribution in [0.3, 0.4) is 0 Å². The van der Waals surface area contributed by atoms with Crippen LogP contribution in [-0.2, 0) is 18.8 Å². The van der Waals surface area contributed by atoms with Crippen molar-refractivity contribution in [1.29, 1.82) is 0 Å². The first-order valence-electron chi connectivity index (χ1n) is 7.02. The molecule has 0 atom stereocenters. The number of hydrogen-bond donors (Lipinski definition) is 0. The minimum Gasteiger partial charge on any atom is -0.497 e. The number of methoxy groups -OCH3 is 1. The van der Waals surface area contributed by atoms with Gasteiger partial charge in [-0.3, -0.25) is 0 Å². The average molecular weight is 325 g/mol. The van der Waals surface area contributed by atoms with Gasteiger partial charge in [-0.1, -0.05) is 12.1 Å². The first kappa shape index (κ1) is 16.3. The van der Waals surface area contributed by atoms with Crippen LogP contribution in [0.4, 0.5) is 0 Å². The molecule has 0 saturated heterocycles. The van der Waals surface area contributed by atoms with E-state index in [1.54, 1.807) is 18.4 Å². The monoisotopic (exact) mass is 324 g/mol. The standard InChI is InChI=1S/C16H21ClN2OS/c1-19(11-13-5-3-6-15(9-13)20-2)8-4-7-16-18-14(10-17)12-21-16/h3,5-6,9,12H,4,7-8,10-11H2,1-2H3. The van der Waals surface area contributed by atoms with Gasteiger partial charge in [-0.2, -0.15) is 0 Å². The summed E-state index contributed by atoms with van der Waals surface area (Å²) >= 11 is 7.47. The summed E-state index contributed by atoms with van der Waals surface area (Å²) in [6.45, 7) is 1.98. The lowest BCUT2D eigenvalue weighted by Gasteiger charge is -2.16. The van der Waals surface area contributed by atoms with Gasteiger partial charge in [0.2, 0.25) is 0 Å². The highest BCUT2D eigenvalue weighted by Crippen LogP contribution is 2.15. The van der Waals surface area contributed by atoms with Crippen molar-refractivity contribution >= 4 is 22.9 Å². The van der Waals surface area contributed by atoms with Crippen molar-refractivity contribution in [3.05, 3.63) is 45.9 Å². The van der Waals surface area contributed by atoms with Crippen LogP contribution in [-0.4, -0.2) is 30.6 Å². The number of aromatic nitrogens is 1. The highest BCUT2D eigenvalue weighted by Gasteiger charge is 2.04. The normalized spacial score (nSPS) is 11.0. The average Bonchev–Trinajstić information content (AvgIpc) is 2.95. The van der Waals surface area contributed by atoms with Crippen molar-refractivity contribution < 1.29 is 4.74 Å². The van der Waals surface area contributed by atoms with E-state index < -0.39 is 0 Å². The van der Waals surface area contributed by atoms with E-state index in [-0.39, 0.29) is 0 Å². The molecule has 1 aromatic heterocycles. The van der Waals surface area contributed by atoms with Gasteiger partial charge in [0, 0.05) is 18.3 Å². The zero-order valence-corrected chi connectivity index (χ0v) is 14.1. The molecule has 0 fully saturated rings. The third-order valence-corrected chi connectivity index (χ3v) is 4.48. The van der Waals surface area contributed by atoms with Crippen LogP contribution in [0.1, 0.15) is 22.7 Å². The summed E-state index contributed by atoms with van der Waals surface area (Å²) in [6, 6.07) is 8.22. The van der Waals surface area contributed by atoms with Gasteiger partial charge in [-0.15, -0.1) is 22.9 Å². The molecular weight excluding hydrogens is 304 g/mol. The Labute approximate surface area is 135 Å². The van der Waals surface area contributed by atoms with Crippen LogP contribution in [0.25, 0.3) is 0 Å². The van der Waals surface area contributed by atoms with Gasteiger partial charge in [0.25, 0.3) is 0 Å². The van der Waals surface area contributed by atoms with Crippen molar-refractivity contribution in [2.75, 3.05) is 20.7 Å². The summed E-state index contributed by atoms with van der Waals surface area (Å²) in [5.74, 6) is 1.42. The van der Waals surface area contributed by atoms with Gasteiger partial charge >= 0.3 is 0 Å². The molecule has 114 valence electrons. The Morgan fingerprint density at radius 2 is 2.24 bits per heavy atom. The van der Waals surface area contributed by atoms with Crippen LogP contribution >= 0.6 is 22.9 Å². The lowest BCUT2D eigenvalue weighted by atomic mass is 10.2. The molecule has 0 N–H and O–H groups in total. The second kappa shape index (κ2) is 8.37. The van der Waals surface area contributed by atoms with E-state index in [1.165, 1.54) is 10.6 Å². The Kier molecular flexibility index (Phi) is 6.49. The van der Waals surface area contributed by atoms with Crippen LogP contribution < -0.4 is 4.74 Å². The smallest absolute Gasteiger partial charge is 0.119 e. The van der Waals surface area contributed by atoms with E-state index in [4.69, 9.17) is 16.3 Å². The molecule has 0 aliphatic carbocycles. The number of aryl methyl sites for hydroxylation is 1. The van der Waals surface area contributed by atoms with E-state index in [0.717, 1.165) is 37.4 Å². The van der Waals surface area contributed by atoms with E-state index in [0.29, 0.717) is 5.88 Å². The molecular formula is C16H21ClN2OS. The molecule has 3 nitrogen and oxygen atoms in total.